The molecule has 2 fully saturated rings. The minimum Gasteiger partial charge on any atom is -0.355 e. The van der Waals surface area contributed by atoms with Gasteiger partial charge in [0.15, 0.2) is 0 Å². The van der Waals surface area contributed by atoms with Gasteiger partial charge in [0.1, 0.15) is 0 Å². The lowest BCUT2D eigenvalue weighted by Crippen LogP contribution is -2.41. The maximum atomic E-state index is 13.0. The molecule has 0 heterocycles. The van der Waals surface area contributed by atoms with E-state index in [4.69, 9.17) is 11.6 Å². The summed E-state index contributed by atoms with van der Waals surface area (Å²) in [5.41, 5.74) is 0.0375. The number of amides is 1. The lowest BCUT2D eigenvalue weighted by Gasteiger charge is -2.30. The third-order valence-corrected chi connectivity index (χ3v) is 5.24. The molecule has 0 saturated heterocycles. The second kappa shape index (κ2) is 5.94. The standard InChI is InChI=1S/C14H22ClF2NO/c15-9-13(5-1-2-6-13)10-18-12(19)11-3-7-14(16,17)8-4-11/h11H,1-10H2,(H,18,19). The van der Waals surface area contributed by atoms with Gasteiger partial charge in [-0.2, -0.15) is 0 Å². The average molecular weight is 294 g/mol. The van der Waals surface area contributed by atoms with Crippen LogP contribution in [0.4, 0.5) is 8.78 Å². The van der Waals surface area contributed by atoms with Gasteiger partial charge in [0.25, 0.3) is 0 Å². The van der Waals surface area contributed by atoms with Crippen molar-refractivity contribution in [3.05, 3.63) is 0 Å². The summed E-state index contributed by atoms with van der Waals surface area (Å²) in [6.45, 7) is 0.599. The van der Waals surface area contributed by atoms with E-state index in [1.54, 1.807) is 0 Å². The fraction of sp³-hybridized carbons (Fsp3) is 0.929. The summed E-state index contributed by atoms with van der Waals surface area (Å²) < 4.78 is 26.1. The number of rotatable bonds is 4. The minimum atomic E-state index is -2.57. The molecule has 0 spiro atoms. The summed E-state index contributed by atoms with van der Waals surface area (Å²) in [5.74, 6) is -2.31. The molecule has 0 atom stereocenters. The molecule has 110 valence electrons. The van der Waals surface area contributed by atoms with Crippen LogP contribution in [0.3, 0.4) is 0 Å². The summed E-state index contributed by atoms with van der Waals surface area (Å²) >= 11 is 6.02. The Morgan fingerprint density at radius 2 is 1.74 bits per heavy atom. The number of hydrogen-bond donors (Lipinski definition) is 1. The average Bonchev–Trinajstić information content (AvgIpc) is 2.85. The molecule has 0 bridgehead atoms. The highest BCUT2D eigenvalue weighted by Gasteiger charge is 2.38. The van der Waals surface area contributed by atoms with E-state index in [2.05, 4.69) is 5.32 Å². The van der Waals surface area contributed by atoms with Crippen LogP contribution in [0, 0.1) is 11.3 Å². The first-order valence-corrected chi connectivity index (χ1v) is 7.71. The van der Waals surface area contributed by atoms with Gasteiger partial charge in [-0.25, -0.2) is 8.78 Å². The van der Waals surface area contributed by atoms with Crippen LogP contribution < -0.4 is 5.32 Å². The van der Waals surface area contributed by atoms with E-state index in [0.717, 1.165) is 25.7 Å². The Labute approximate surface area is 118 Å². The number of halogens is 3. The Bertz CT molecular complexity index is 319. The molecule has 0 radical (unpaired) electrons. The van der Waals surface area contributed by atoms with Gasteiger partial charge in [-0.1, -0.05) is 12.8 Å². The van der Waals surface area contributed by atoms with Crippen molar-refractivity contribution < 1.29 is 13.6 Å². The van der Waals surface area contributed by atoms with E-state index in [0.29, 0.717) is 25.3 Å². The molecule has 0 aromatic rings. The second-order valence-electron chi connectivity index (χ2n) is 6.19. The summed E-state index contributed by atoms with van der Waals surface area (Å²) in [7, 11) is 0. The number of hydrogen-bond acceptors (Lipinski definition) is 1. The smallest absolute Gasteiger partial charge is 0.248 e. The fourth-order valence-electron chi connectivity index (χ4n) is 3.20. The molecule has 1 N–H and O–H groups in total. The van der Waals surface area contributed by atoms with E-state index in [1.165, 1.54) is 0 Å². The van der Waals surface area contributed by atoms with Crippen LogP contribution in [0.5, 0.6) is 0 Å². The van der Waals surface area contributed by atoms with Crippen LogP contribution in [0.2, 0.25) is 0 Å². The maximum absolute atomic E-state index is 13.0. The molecule has 0 unspecified atom stereocenters. The van der Waals surface area contributed by atoms with Gasteiger partial charge >= 0.3 is 0 Å². The second-order valence-corrected chi connectivity index (χ2v) is 6.46. The summed E-state index contributed by atoms with van der Waals surface area (Å²) in [6.07, 6.45) is 4.71. The predicted octanol–water partition coefficient (Wildman–Crippen LogP) is 3.73. The molecule has 0 aliphatic heterocycles. The van der Waals surface area contributed by atoms with Gasteiger partial charge in [0, 0.05) is 36.6 Å². The van der Waals surface area contributed by atoms with Gasteiger partial charge in [0.05, 0.1) is 0 Å². The fourth-order valence-corrected chi connectivity index (χ4v) is 3.57. The van der Waals surface area contributed by atoms with Crippen molar-refractivity contribution in [1.29, 1.82) is 0 Å². The van der Waals surface area contributed by atoms with Crippen molar-refractivity contribution in [2.45, 2.75) is 57.3 Å². The number of alkyl halides is 3. The third-order valence-electron chi connectivity index (χ3n) is 4.67. The largest absolute Gasteiger partial charge is 0.355 e. The molecule has 0 aromatic heterocycles. The SMILES string of the molecule is O=C(NCC1(CCl)CCCC1)C1CCC(F)(F)CC1. The lowest BCUT2D eigenvalue weighted by molar-refractivity contribution is -0.129. The van der Waals surface area contributed by atoms with Crippen molar-refractivity contribution in [3.8, 4) is 0 Å². The Balaban J connectivity index is 1.78. The molecule has 2 nitrogen and oxygen atoms in total. The first-order valence-electron chi connectivity index (χ1n) is 7.18. The Kier molecular flexibility index (Phi) is 4.70. The quantitative estimate of drug-likeness (QED) is 0.786. The molecule has 2 aliphatic rings. The van der Waals surface area contributed by atoms with Crippen molar-refractivity contribution in [3.63, 3.8) is 0 Å². The topological polar surface area (TPSA) is 29.1 Å². The molecule has 1 amide bonds. The first-order chi connectivity index (χ1) is 8.96. The Morgan fingerprint density at radius 1 is 1.16 bits per heavy atom. The number of carbonyl (C=O) groups is 1. The minimum absolute atomic E-state index is 0.0375. The van der Waals surface area contributed by atoms with E-state index in [1.807, 2.05) is 0 Å². The zero-order valence-corrected chi connectivity index (χ0v) is 11.9. The lowest BCUT2D eigenvalue weighted by atomic mass is 9.85. The van der Waals surface area contributed by atoms with Crippen LogP contribution in [0.1, 0.15) is 51.4 Å². The highest BCUT2D eigenvalue weighted by atomic mass is 35.5. The first kappa shape index (κ1) is 15.0. The van der Waals surface area contributed by atoms with Crippen molar-refractivity contribution in [2.24, 2.45) is 11.3 Å². The Morgan fingerprint density at radius 3 is 2.26 bits per heavy atom. The predicted molar refractivity (Wildman–Crippen MR) is 71.5 cm³/mol. The van der Waals surface area contributed by atoms with Crippen LogP contribution in [-0.2, 0) is 4.79 Å². The van der Waals surface area contributed by atoms with Crippen molar-refractivity contribution in [2.75, 3.05) is 12.4 Å². The summed E-state index contributed by atoms with van der Waals surface area (Å²) in [4.78, 5) is 12.0. The van der Waals surface area contributed by atoms with Gasteiger partial charge in [-0.3, -0.25) is 4.79 Å². The molecule has 0 aromatic carbocycles. The number of carbonyl (C=O) groups excluding carboxylic acids is 1. The number of nitrogens with one attached hydrogen (secondary N) is 1. The van der Waals surface area contributed by atoms with Crippen LogP contribution in [-0.4, -0.2) is 24.3 Å². The molecule has 2 aliphatic carbocycles. The molecule has 2 rings (SSSR count). The Hall–Kier alpha value is -0.380. The normalized spacial score (nSPS) is 26.3. The zero-order chi connectivity index (χ0) is 13.9. The molecule has 5 heteroatoms. The zero-order valence-electron chi connectivity index (χ0n) is 11.2. The van der Waals surface area contributed by atoms with E-state index >= 15 is 0 Å². The maximum Gasteiger partial charge on any atom is 0.248 e. The monoisotopic (exact) mass is 293 g/mol. The van der Waals surface area contributed by atoms with Crippen molar-refractivity contribution >= 4 is 17.5 Å². The third kappa shape index (κ3) is 3.80. The van der Waals surface area contributed by atoms with Gasteiger partial charge in [-0.15, -0.1) is 11.6 Å². The molecular formula is C14H22ClF2NO. The van der Waals surface area contributed by atoms with E-state index in [9.17, 15) is 13.6 Å². The molecule has 19 heavy (non-hydrogen) atoms. The molecule has 2 saturated carbocycles. The van der Waals surface area contributed by atoms with Crippen LogP contribution >= 0.6 is 11.6 Å². The van der Waals surface area contributed by atoms with Crippen molar-refractivity contribution in [1.82, 2.24) is 5.32 Å². The van der Waals surface area contributed by atoms with E-state index in [-0.39, 0.29) is 30.1 Å². The van der Waals surface area contributed by atoms with Crippen LogP contribution in [0.15, 0.2) is 0 Å². The summed E-state index contributed by atoms with van der Waals surface area (Å²) in [6, 6.07) is 0. The highest BCUT2D eigenvalue weighted by Crippen LogP contribution is 2.39. The van der Waals surface area contributed by atoms with Gasteiger partial charge < -0.3 is 5.32 Å². The van der Waals surface area contributed by atoms with Gasteiger partial charge in [-0.05, 0) is 25.7 Å². The summed E-state index contributed by atoms with van der Waals surface area (Å²) in [5, 5.41) is 2.95. The van der Waals surface area contributed by atoms with Gasteiger partial charge in [0.2, 0.25) is 11.8 Å². The molecular weight excluding hydrogens is 272 g/mol. The van der Waals surface area contributed by atoms with Crippen LogP contribution in [0.25, 0.3) is 0 Å². The van der Waals surface area contributed by atoms with E-state index < -0.39 is 5.92 Å². The highest BCUT2D eigenvalue weighted by molar-refractivity contribution is 6.18.